The molecule has 0 aromatic rings. The van der Waals surface area contributed by atoms with Crippen LogP contribution in [0, 0.1) is 5.92 Å². The van der Waals surface area contributed by atoms with Crippen LogP contribution in [-0.4, -0.2) is 57.7 Å². The number of rotatable bonds is 10. The molecule has 2 aliphatic heterocycles. The Kier molecular flexibility index (Phi) is 8.58. The number of nitrogens with one attached hydrogen (secondary N) is 1. The van der Waals surface area contributed by atoms with Gasteiger partial charge in [-0.05, 0) is 50.9 Å². The highest BCUT2D eigenvalue weighted by molar-refractivity contribution is 6.01. The molecule has 1 saturated heterocycles. The summed E-state index contributed by atoms with van der Waals surface area (Å²) in [6.07, 6.45) is 14.8. The second-order valence-electron chi connectivity index (χ2n) is 9.96. The molecule has 1 unspecified atom stereocenters. The number of aliphatic hydroxyl groups excluding tert-OH is 1. The van der Waals surface area contributed by atoms with Crippen molar-refractivity contribution < 1.29 is 14.9 Å². The van der Waals surface area contributed by atoms with Gasteiger partial charge < -0.3 is 5.11 Å². The molecule has 3 rings (SSSR count). The predicted molar refractivity (Wildman–Crippen MR) is 121 cm³/mol. The number of guanidine groups is 1. The van der Waals surface area contributed by atoms with E-state index in [0.29, 0.717) is 11.9 Å². The Morgan fingerprint density at radius 2 is 1.67 bits per heavy atom. The average Bonchev–Trinajstić information content (AvgIpc) is 3.01. The van der Waals surface area contributed by atoms with Crippen LogP contribution in [0.5, 0.6) is 0 Å². The monoisotopic (exact) mass is 421 g/mol. The first-order valence-electron chi connectivity index (χ1n) is 12.7. The number of carbonyl (C=O) groups excluding carboxylic acids is 1. The first-order chi connectivity index (χ1) is 14.5. The van der Waals surface area contributed by atoms with Crippen molar-refractivity contribution in [3.05, 3.63) is 0 Å². The van der Waals surface area contributed by atoms with Gasteiger partial charge in [-0.15, -0.1) is 0 Å². The molecule has 3 aliphatic rings. The Balaban J connectivity index is 1.56. The van der Waals surface area contributed by atoms with Gasteiger partial charge in [-0.2, -0.15) is 4.90 Å². The van der Waals surface area contributed by atoms with Crippen LogP contribution >= 0.6 is 0 Å². The van der Waals surface area contributed by atoms with Gasteiger partial charge in [0.1, 0.15) is 6.23 Å². The minimum absolute atomic E-state index is 0.147. The van der Waals surface area contributed by atoms with Crippen molar-refractivity contribution in [1.29, 1.82) is 0 Å². The molecule has 0 bridgehead atoms. The summed E-state index contributed by atoms with van der Waals surface area (Å²) in [5.74, 6) is 1.41. The Hall–Kier alpha value is -1.14. The number of likely N-dealkylation sites (tertiary alicyclic amines) is 1. The Bertz CT molecular complexity index is 572. The third-order valence-corrected chi connectivity index (χ3v) is 7.72. The van der Waals surface area contributed by atoms with E-state index in [1.54, 1.807) is 0 Å². The van der Waals surface area contributed by atoms with E-state index in [1.165, 1.54) is 32.1 Å². The molecular weight excluding hydrogens is 376 g/mol. The minimum Gasteiger partial charge on any atom is -0.378 e. The van der Waals surface area contributed by atoms with Crippen molar-refractivity contribution in [1.82, 2.24) is 9.80 Å². The SMILES string of the molecule is CCCCC1(CCCC)[NH+]=C(N)N(C2CCN(C(O)CC3CCCCC3)CC2)C1=O. The summed E-state index contributed by atoms with van der Waals surface area (Å²) in [5, 5.41) is 10.8. The van der Waals surface area contributed by atoms with Gasteiger partial charge in [0.15, 0.2) is 5.54 Å². The van der Waals surface area contributed by atoms with Gasteiger partial charge in [0.25, 0.3) is 0 Å². The van der Waals surface area contributed by atoms with Crippen molar-refractivity contribution in [3.63, 3.8) is 0 Å². The van der Waals surface area contributed by atoms with Crippen LogP contribution in [0.4, 0.5) is 0 Å². The van der Waals surface area contributed by atoms with Crippen LogP contribution in [0.25, 0.3) is 0 Å². The normalized spacial score (nSPS) is 25.0. The fraction of sp³-hybridized carbons (Fsp3) is 0.917. The highest BCUT2D eigenvalue weighted by Crippen LogP contribution is 2.30. The second-order valence-corrected chi connectivity index (χ2v) is 9.96. The molecule has 6 nitrogen and oxygen atoms in total. The third kappa shape index (κ3) is 5.37. The molecule has 6 heteroatoms. The minimum atomic E-state index is -0.506. The quantitative estimate of drug-likeness (QED) is 0.504. The molecule has 2 heterocycles. The van der Waals surface area contributed by atoms with Crippen molar-refractivity contribution in [2.75, 3.05) is 13.1 Å². The first-order valence-corrected chi connectivity index (χ1v) is 12.7. The summed E-state index contributed by atoms with van der Waals surface area (Å²) >= 11 is 0. The van der Waals surface area contributed by atoms with E-state index in [1.807, 2.05) is 4.90 Å². The maximum Gasteiger partial charge on any atom is 0.352 e. The number of hydrogen-bond donors (Lipinski definition) is 3. The molecule has 4 N–H and O–H groups in total. The third-order valence-electron chi connectivity index (χ3n) is 7.72. The molecular formula is C24H45N4O2+. The van der Waals surface area contributed by atoms with E-state index in [-0.39, 0.29) is 18.2 Å². The first kappa shape index (κ1) is 23.5. The number of nitrogens with two attached hydrogens (primary N) is 1. The van der Waals surface area contributed by atoms with Crippen molar-refractivity contribution in [3.8, 4) is 0 Å². The maximum atomic E-state index is 13.5. The van der Waals surface area contributed by atoms with Crippen LogP contribution in [0.15, 0.2) is 0 Å². The molecule has 1 atom stereocenters. The largest absolute Gasteiger partial charge is 0.378 e. The van der Waals surface area contributed by atoms with Gasteiger partial charge in [0.2, 0.25) is 0 Å². The maximum absolute atomic E-state index is 13.5. The van der Waals surface area contributed by atoms with Crippen LogP contribution in [0.3, 0.4) is 0 Å². The number of aliphatic hydroxyl groups is 1. The number of carbonyl (C=O) groups is 1. The van der Waals surface area contributed by atoms with E-state index >= 15 is 0 Å². The van der Waals surface area contributed by atoms with Gasteiger partial charge in [-0.25, -0.2) is 0 Å². The predicted octanol–water partition coefficient (Wildman–Crippen LogP) is 2.10. The number of unbranched alkanes of at least 4 members (excludes halogenated alkanes) is 2. The van der Waals surface area contributed by atoms with E-state index in [2.05, 4.69) is 23.7 Å². The number of nitrogens with zero attached hydrogens (tertiary/aromatic N) is 2. The smallest absolute Gasteiger partial charge is 0.352 e. The zero-order chi connectivity index (χ0) is 21.6. The second kappa shape index (κ2) is 10.9. The number of piperidine rings is 1. The Morgan fingerprint density at radius 3 is 2.23 bits per heavy atom. The van der Waals surface area contributed by atoms with Gasteiger partial charge in [-0.1, -0.05) is 58.8 Å². The van der Waals surface area contributed by atoms with Crippen LogP contribution < -0.4 is 10.7 Å². The van der Waals surface area contributed by atoms with Crippen molar-refractivity contribution in [2.45, 2.75) is 122 Å². The van der Waals surface area contributed by atoms with Crippen LogP contribution in [0.2, 0.25) is 0 Å². The van der Waals surface area contributed by atoms with E-state index < -0.39 is 5.54 Å². The molecule has 2 fully saturated rings. The van der Waals surface area contributed by atoms with Gasteiger partial charge >= 0.3 is 11.9 Å². The van der Waals surface area contributed by atoms with Gasteiger partial charge in [0, 0.05) is 13.1 Å². The molecule has 30 heavy (non-hydrogen) atoms. The highest BCUT2D eigenvalue weighted by Gasteiger charge is 2.53. The van der Waals surface area contributed by atoms with E-state index in [9.17, 15) is 9.90 Å². The van der Waals surface area contributed by atoms with Crippen LogP contribution in [0.1, 0.15) is 104 Å². The summed E-state index contributed by atoms with van der Waals surface area (Å²) in [5.41, 5.74) is 5.88. The summed E-state index contributed by atoms with van der Waals surface area (Å²) in [6, 6.07) is 0.147. The lowest BCUT2D eigenvalue weighted by Crippen LogP contribution is -2.87. The lowest BCUT2D eigenvalue weighted by Gasteiger charge is -2.38. The molecule has 1 saturated carbocycles. The fourth-order valence-corrected chi connectivity index (χ4v) is 5.79. The van der Waals surface area contributed by atoms with E-state index in [0.717, 1.165) is 70.9 Å². The number of amides is 1. The summed E-state index contributed by atoms with van der Waals surface area (Å²) in [6.45, 7) is 6.03. The number of hydrogen-bond acceptors (Lipinski definition) is 4. The molecule has 0 radical (unpaired) electrons. The molecule has 1 amide bonds. The standard InChI is InChI=1S/C24H44N4O2/c1-3-5-14-24(15-6-4-2)22(30)28(23(25)26-24)20-12-16-27(17-13-20)21(29)18-19-10-8-7-9-11-19/h19-21,29H,3-18H2,1-2H3,(H2,25,26)/p+1. The van der Waals surface area contributed by atoms with Gasteiger partial charge in [-0.3, -0.25) is 20.4 Å². The molecule has 0 aromatic heterocycles. The lowest BCUT2D eigenvalue weighted by molar-refractivity contribution is -0.533. The zero-order valence-corrected chi connectivity index (χ0v) is 19.4. The van der Waals surface area contributed by atoms with E-state index in [4.69, 9.17) is 5.73 Å². The molecule has 0 aromatic carbocycles. The summed E-state index contributed by atoms with van der Waals surface area (Å²) in [7, 11) is 0. The average molecular weight is 422 g/mol. The summed E-state index contributed by atoms with van der Waals surface area (Å²) < 4.78 is 0. The topological polar surface area (TPSA) is 83.8 Å². The molecule has 0 spiro atoms. The molecule has 1 aliphatic carbocycles. The van der Waals surface area contributed by atoms with Gasteiger partial charge in [0.05, 0.1) is 6.04 Å². The van der Waals surface area contributed by atoms with Crippen LogP contribution in [-0.2, 0) is 4.79 Å². The highest BCUT2D eigenvalue weighted by atomic mass is 16.3. The summed E-state index contributed by atoms with van der Waals surface area (Å²) in [4.78, 5) is 21.0. The van der Waals surface area contributed by atoms with Crippen molar-refractivity contribution >= 4 is 11.9 Å². The zero-order valence-electron chi connectivity index (χ0n) is 19.4. The fourth-order valence-electron chi connectivity index (χ4n) is 5.79. The van der Waals surface area contributed by atoms with Crippen molar-refractivity contribution in [2.24, 2.45) is 11.7 Å². The Labute approximate surface area is 183 Å². The lowest BCUT2D eigenvalue weighted by atomic mass is 9.86. The molecule has 172 valence electrons. The Morgan fingerprint density at radius 1 is 1.07 bits per heavy atom.